The van der Waals surface area contributed by atoms with Crippen molar-refractivity contribution >= 4 is 17.3 Å². The average Bonchev–Trinajstić information content (AvgIpc) is 2.34. The Kier molecular flexibility index (Phi) is 5.78. The predicted molar refractivity (Wildman–Crippen MR) is 74.1 cm³/mol. The number of non-ortho nitro benzene ring substituents is 1. The smallest absolute Gasteiger partial charge is 0.269 e. The van der Waals surface area contributed by atoms with E-state index in [2.05, 4.69) is 10.6 Å². The molecule has 1 rings (SSSR count). The summed E-state index contributed by atoms with van der Waals surface area (Å²) in [4.78, 5) is 21.4. The molecule has 0 fully saturated rings. The summed E-state index contributed by atoms with van der Waals surface area (Å²) in [6, 6.07) is 6.18. The summed E-state index contributed by atoms with van der Waals surface area (Å²) in [5, 5.41) is 16.4. The lowest BCUT2D eigenvalue weighted by molar-refractivity contribution is -0.384. The van der Waals surface area contributed by atoms with Gasteiger partial charge in [0.05, 0.1) is 4.92 Å². The van der Waals surface area contributed by atoms with Crippen molar-refractivity contribution in [3.8, 4) is 0 Å². The third-order valence-electron chi connectivity index (χ3n) is 2.45. The molecule has 19 heavy (non-hydrogen) atoms. The van der Waals surface area contributed by atoms with Crippen molar-refractivity contribution in [2.24, 2.45) is 5.92 Å². The van der Waals surface area contributed by atoms with Gasteiger partial charge in [-0.1, -0.05) is 13.8 Å². The van der Waals surface area contributed by atoms with Crippen molar-refractivity contribution in [1.29, 1.82) is 0 Å². The zero-order valence-electron chi connectivity index (χ0n) is 11.2. The molecule has 1 aromatic rings. The normalized spacial score (nSPS) is 10.3. The molecule has 6 heteroatoms. The first-order valence-electron chi connectivity index (χ1n) is 6.24. The number of benzene rings is 1. The summed E-state index contributed by atoms with van der Waals surface area (Å²) < 4.78 is 0. The highest BCUT2D eigenvalue weighted by molar-refractivity contribution is 5.76. The molecule has 2 N–H and O–H groups in total. The first-order chi connectivity index (χ1) is 8.99. The lowest BCUT2D eigenvalue weighted by Crippen LogP contribution is -2.29. The van der Waals surface area contributed by atoms with Crippen LogP contribution in [0.5, 0.6) is 0 Å². The van der Waals surface area contributed by atoms with Gasteiger partial charge in [0.2, 0.25) is 5.91 Å². The van der Waals surface area contributed by atoms with Crippen LogP contribution in [0.1, 0.15) is 20.3 Å². The van der Waals surface area contributed by atoms with Crippen LogP contribution < -0.4 is 10.6 Å². The third kappa shape index (κ3) is 5.85. The zero-order valence-corrected chi connectivity index (χ0v) is 11.2. The molecule has 0 aliphatic rings. The molecular formula is C13H19N3O3. The van der Waals surface area contributed by atoms with Crippen LogP contribution in [0.25, 0.3) is 0 Å². The van der Waals surface area contributed by atoms with Gasteiger partial charge in [-0.15, -0.1) is 0 Å². The van der Waals surface area contributed by atoms with Gasteiger partial charge in [0, 0.05) is 37.3 Å². The molecule has 104 valence electrons. The molecule has 1 amide bonds. The topological polar surface area (TPSA) is 84.3 Å². The van der Waals surface area contributed by atoms with Gasteiger partial charge < -0.3 is 10.6 Å². The number of nitro benzene ring substituents is 1. The lowest BCUT2D eigenvalue weighted by Gasteiger charge is -2.09. The Morgan fingerprint density at radius 1 is 1.26 bits per heavy atom. The van der Waals surface area contributed by atoms with Crippen molar-refractivity contribution in [1.82, 2.24) is 5.32 Å². The van der Waals surface area contributed by atoms with E-state index in [0.29, 0.717) is 25.4 Å². The van der Waals surface area contributed by atoms with Crippen LogP contribution >= 0.6 is 0 Å². The number of hydrogen-bond donors (Lipinski definition) is 2. The largest absolute Gasteiger partial charge is 0.383 e. The monoisotopic (exact) mass is 265 g/mol. The second-order valence-electron chi connectivity index (χ2n) is 4.68. The van der Waals surface area contributed by atoms with E-state index >= 15 is 0 Å². The van der Waals surface area contributed by atoms with Gasteiger partial charge in [0.1, 0.15) is 0 Å². The van der Waals surface area contributed by atoms with E-state index in [1.54, 1.807) is 12.1 Å². The van der Waals surface area contributed by atoms with Crippen LogP contribution in [0.2, 0.25) is 0 Å². The maximum Gasteiger partial charge on any atom is 0.269 e. The Hall–Kier alpha value is -2.11. The van der Waals surface area contributed by atoms with Gasteiger partial charge in [-0.3, -0.25) is 14.9 Å². The highest BCUT2D eigenvalue weighted by Gasteiger charge is 2.04. The van der Waals surface area contributed by atoms with E-state index in [1.165, 1.54) is 12.1 Å². The van der Waals surface area contributed by atoms with E-state index in [-0.39, 0.29) is 11.6 Å². The molecular weight excluding hydrogens is 246 g/mol. The number of anilines is 1. The van der Waals surface area contributed by atoms with Crippen LogP contribution in [0.15, 0.2) is 24.3 Å². The fraction of sp³-hybridized carbons (Fsp3) is 0.462. The standard InChI is InChI=1S/C13H19N3O3/c1-10(2)9-13(17)15-8-7-14-11-3-5-12(6-4-11)16(18)19/h3-6,10,14H,7-9H2,1-2H3,(H,15,17). The molecule has 0 aromatic heterocycles. The van der Waals surface area contributed by atoms with Gasteiger partial charge in [-0.05, 0) is 18.1 Å². The maximum atomic E-state index is 11.4. The quantitative estimate of drug-likeness (QED) is 0.449. The second kappa shape index (κ2) is 7.35. The number of rotatable bonds is 7. The van der Waals surface area contributed by atoms with E-state index < -0.39 is 4.92 Å². The third-order valence-corrected chi connectivity index (χ3v) is 2.45. The fourth-order valence-corrected chi connectivity index (χ4v) is 1.55. The maximum absolute atomic E-state index is 11.4. The van der Waals surface area contributed by atoms with Crippen molar-refractivity contribution in [2.45, 2.75) is 20.3 Å². The summed E-state index contributed by atoms with van der Waals surface area (Å²) in [7, 11) is 0. The van der Waals surface area contributed by atoms with Gasteiger partial charge in [0.15, 0.2) is 0 Å². The van der Waals surface area contributed by atoms with E-state index in [4.69, 9.17) is 0 Å². The Morgan fingerprint density at radius 2 is 1.89 bits per heavy atom. The molecule has 0 radical (unpaired) electrons. The van der Waals surface area contributed by atoms with Gasteiger partial charge in [-0.25, -0.2) is 0 Å². The molecule has 0 unspecified atom stereocenters. The van der Waals surface area contributed by atoms with Gasteiger partial charge >= 0.3 is 0 Å². The average molecular weight is 265 g/mol. The van der Waals surface area contributed by atoms with Crippen molar-refractivity contribution in [3.05, 3.63) is 34.4 Å². The van der Waals surface area contributed by atoms with Crippen molar-refractivity contribution in [2.75, 3.05) is 18.4 Å². The van der Waals surface area contributed by atoms with Crippen molar-refractivity contribution < 1.29 is 9.72 Å². The number of nitrogens with zero attached hydrogens (tertiary/aromatic N) is 1. The number of hydrogen-bond acceptors (Lipinski definition) is 4. The summed E-state index contributed by atoms with van der Waals surface area (Å²) >= 11 is 0. The Balaban J connectivity index is 2.26. The molecule has 1 aromatic carbocycles. The van der Waals surface area contributed by atoms with Gasteiger partial charge in [0.25, 0.3) is 5.69 Å². The molecule has 0 aliphatic heterocycles. The van der Waals surface area contributed by atoms with E-state index in [1.807, 2.05) is 13.8 Å². The summed E-state index contributed by atoms with van der Waals surface area (Å²) in [5.41, 5.74) is 0.861. The molecule has 0 saturated carbocycles. The summed E-state index contributed by atoms with van der Waals surface area (Å²) in [5.74, 6) is 0.392. The second-order valence-corrected chi connectivity index (χ2v) is 4.68. The van der Waals surface area contributed by atoms with Gasteiger partial charge in [-0.2, -0.15) is 0 Å². The minimum atomic E-state index is -0.435. The number of nitro groups is 1. The highest BCUT2D eigenvalue weighted by Crippen LogP contribution is 2.14. The predicted octanol–water partition coefficient (Wildman–Crippen LogP) is 2.17. The van der Waals surface area contributed by atoms with Crippen LogP contribution in [0.4, 0.5) is 11.4 Å². The number of nitrogens with one attached hydrogen (secondary N) is 2. The molecule has 6 nitrogen and oxygen atoms in total. The Labute approximate surface area is 112 Å². The molecule has 0 aliphatic carbocycles. The minimum absolute atomic E-state index is 0.0421. The molecule has 0 bridgehead atoms. The number of amides is 1. The lowest BCUT2D eigenvalue weighted by atomic mass is 10.1. The highest BCUT2D eigenvalue weighted by atomic mass is 16.6. The van der Waals surface area contributed by atoms with Crippen LogP contribution in [-0.4, -0.2) is 23.9 Å². The number of carbonyl (C=O) groups excluding carboxylic acids is 1. The SMILES string of the molecule is CC(C)CC(=O)NCCNc1ccc([N+](=O)[O-])cc1. The Bertz CT molecular complexity index is 429. The summed E-state index contributed by atoms with van der Waals surface area (Å²) in [6.07, 6.45) is 0.525. The van der Waals surface area contributed by atoms with Crippen LogP contribution in [0, 0.1) is 16.0 Å². The molecule has 0 heterocycles. The molecule has 0 saturated heterocycles. The van der Waals surface area contributed by atoms with E-state index in [0.717, 1.165) is 5.69 Å². The Morgan fingerprint density at radius 3 is 2.42 bits per heavy atom. The van der Waals surface area contributed by atoms with Crippen molar-refractivity contribution in [3.63, 3.8) is 0 Å². The first kappa shape index (κ1) is 14.9. The zero-order chi connectivity index (χ0) is 14.3. The van der Waals surface area contributed by atoms with Crippen LogP contribution in [0.3, 0.4) is 0 Å². The van der Waals surface area contributed by atoms with Crippen LogP contribution in [-0.2, 0) is 4.79 Å². The van der Waals surface area contributed by atoms with E-state index in [9.17, 15) is 14.9 Å². The number of carbonyl (C=O) groups is 1. The first-order valence-corrected chi connectivity index (χ1v) is 6.24. The summed E-state index contributed by atoms with van der Waals surface area (Å²) in [6.45, 7) is 5.10. The molecule has 0 spiro atoms. The minimum Gasteiger partial charge on any atom is -0.383 e. The fourth-order valence-electron chi connectivity index (χ4n) is 1.55. The molecule has 0 atom stereocenters.